The highest BCUT2D eigenvalue weighted by Crippen LogP contribution is 2.23. The minimum atomic E-state index is -0.952. The lowest BCUT2D eigenvalue weighted by Crippen LogP contribution is -2.29. The Morgan fingerprint density at radius 1 is 1.52 bits per heavy atom. The molecule has 0 saturated heterocycles. The molecule has 1 aromatic heterocycles. The van der Waals surface area contributed by atoms with Crippen molar-refractivity contribution >= 4 is 17.6 Å². The molecule has 2 aromatic rings. The summed E-state index contributed by atoms with van der Waals surface area (Å²) in [6.07, 6.45) is 6.80. The largest absolute Gasteiger partial charge is 0.480 e. The molecule has 108 valence electrons. The van der Waals surface area contributed by atoms with Gasteiger partial charge < -0.3 is 9.52 Å². The fraction of sp³-hybridized carbons (Fsp3) is 0.200. The zero-order valence-electron chi connectivity index (χ0n) is 11.1. The summed E-state index contributed by atoms with van der Waals surface area (Å²) in [5.74, 6) is 2.44. The number of nitrogens with zero attached hydrogens (tertiary/aromatic N) is 2. The number of carboxylic acids is 1. The van der Waals surface area contributed by atoms with Crippen LogP contribution >= 0.6 is 11.6 Å². The van der Waals surface area contributed by atoms with E-state index in [0.717, 1.165) is 5.56 Å². The highest BCUT2D eigenvalue weighted by atomic mass is 35.5. The van der Waals surface area contributed by atoms with Crippen LogP contribution in [0, 0.1) is 12.3 Å². The van der Waals surface area contributed by atoms with E-state index >= 15 is 0 Å². The van der Waals surface area contributed by atoms with Crippen molar-refractivity contribution in [3.63, 3.8) is 0 Å². The van der Waals surface area contributed by atoms with Crippen LogP contribution in [0.5, 0.6) is 0 Å². The number of benzene rings is 1. The highest BCUT2D eigenvalue weighted by molar-refractivity contribution is 6.30. The van der Waals surface area contributed by atoms with Crippen LogP contribution in [0.25, 0.3) is 11.3 Å². The standard InChI is InChI=1S/C15H13ClN2O3/c1-2-6-18(10-15(19)20)9-14-17-8-13(21-14)11-4-3-5-12(16)7-11/h1,3-5,7-8H,6,9-10H2,(H,19,20). The number of oxazole rings is 1. The Hall–Kier alpha value is -2.29. The van der Waals surface area contributed by atoms with E-state index in [2.05, 4.69) is 10.9 Å². The second-order valence-electron chi connectivity index (χ2n) is 4.37. The quantitative estimate of drug-likeness (QED) is 0.831. The number of hydrogen-bond acceptors (Lipinski definition) is 4. The summed E-state index contributed by atoms with van der Waals surface area (Å²) in [6, 6.07) is 7.20. The first kappa shape index (κ1) is 15.1. The van der Waals surface area contributed by atoms with E-state index in [1.807, 2.05) is 12.1 Å². The van der Waals surface area contributed by atoms with Crippen molar-refractivity contribution in [2.45, 2.75) is 6.54 Å². The van der Waals surface area contributed by atoms with Crippen LogP contribution < -0.4 is 0 Å². The lowest BCUT2D eigenvalue weighted by molar-refractivity contribution is -0.138. The van der Waals surface area contributed by atoms with Gasteiger partial charge in [0.25, 0.3) is 0 Å². The Bertz CT molecular complexity index is 676. The van der Waals surface area contributed by atoms with Crippen molar-refractivity contribution in [2.75, 3.05) is 13.1 Å². The molecular weight excluding hydrogens is 292 g/mol. The molecule has 0 aliphatic carbocycles. The monoisotopic (exact) mass is 304 g/mol. The van der Waals surface area contributed by atoms with Crippen molar-refractivity contribution in [1.82, 2.24) is 9.88 Å². The molecule has 0 fully saturated rings. The molecule has 0 bridgehead atoms. The van der Waals surface area contributed by atoms with Gasteiger partial charge in [-0.25, -0.2) is 4.98 Å². The molecule has 1 N–H and O–H groups in total. The third-order valence-corrected chi connectivity index (χ3v) is 2.93. The summed E-state index contributed by atoms with van der Waals surface area (Å²) in [6.45, 7) is 0.275. The molecule has 21 heavy (non-hydrogen) atoms. The molecule has 0 spiro atoms. The van der Waals surface area contributed by atoms with Gasteiger partial charge in [-0.05, 0) is 12.1 Å². The third-order valence-electron chi connectivity index (χ3n) is 2.70. The summed E-state index contributed by atoms with van der Waals surface area (Å²) < 4.78 is 5.61. The van der Waals surface area contributed by atoms with Crippen molar-refractivity contribution < 1.29 is 14.3 Å². The maximum atomic E-state index is 10.8. The topological polar surface area (TPSA) is 66.6 Å². The van der Waals surface area contributed by atoms with Gasteiger partial charge in [0.15, 0.2) is 5.76 Å². The van der Waals surface area contributed by atoms with Gasteiger partial charge in [0.2, 0.25) is 5.89 Å². The molecular formula is C15H13ClN2O3. The van der Waals surface area contributed by atoms with E-state index in [4.69, 9.17) is 27.5 Å². The number of rotatable bonds is 6. The van der Waals surface area contributed by atoms with E-state index in [-0.39, 0.29) is 19.6 Å². The Morgan fingerprint density at radius 3 is 3.00 bits per heavy atom. The second-order valence-corrected chi connectivity index (χ2v) is 4.81. The minimum Gasteiger partial charge on any atom is -0.480 e. The number of aliphatic carboxylic acids is 1. The molecule has 0 aliphatic rings. The first-order valence-electron chi connectivity index (χ1n) is 6.16. The summed E-state index contributed by atoms with van der Waals surface area (Å²) in [4.78, 5) is 16.5. The van der Waals surface area contributed by atoms with Crippen molar-refractivity contribution in [1.29, 1.82) is 0 Å². The summed E-state index contributed by atoms with van der Waals surface area (Å²) in [5, 5.41) is 9.43. The molecule has 0 atom stereocenters. The fourth-order valence-corrected chi connectivity index (χ4v) is 2.03. The molecule has 2 rings (SSSR count). The van der Waals surface area contributed by atoms with Crippen molar-refractivity contribution in [2.24, 2.45) is 0 Å². The summed E-state index contributed by atoms with van der Waals surface area (Å²) >= 11 is 5.93. The molecule has 6 heteroatoms. The van der Waals surface area contributed by atoms with Gasteiger partial charge in [-0.3, -0.25) is 9.69 Å². The molecule has 0 unspecified atom stereocenters. The van der Waals surface area contributed by atoms with Gasteiger partial charge >= 0.3 is 5.97 Å². The van der Waals surface area contributed by atoms with Crippen LogP contribution in [0.4, 0.5) is 0 Å². The molecule has 5 nitrogen and oxygen atoms in total. The Morgan fingerprint density at radius 2 is 2.33 bits per heavy atom. The lowest BCUT2D eigenvalue weighted by atomic mass is 10.2. The predicted molar refractivity (Wildman–Crippen MR) is 78.7 cm³/mol. The SMILES string of the molecule is C#CCN(CC(=O)O)Cc1ncc(-c2cccc(Cl)c2)o1. The molecule has 0 amide bonds. The summed E-state index contributed by atoms with van der Waals surface area (Å²) in [5.41, 5.74) is 0.808. The lowest BCUT2D eigenvalue weighted by Gasteiger charge is -2.14. The van der Waals surface area contributed by atoms with Crippen LogP contribution in [0.3, 0.4) is 0 Å². The Balaban J connectivity index is 2.12. The van der Waals surface area contributed by atoms with Gasteiger partial charge in [0, 0.05) is 10.6 Å². The minimum absolute atomic E-state index is 0.168. The Kier molecular flexibility index (Phi) is 4.99. The number of hydrogen-bond donors (Lipinski definition) is 1. The van der Waals surface area contributed by atoms with E-state index in [0.29, 0.717) is 16.7 Å². The number of terminal acetylenes is 1. The van der Waals surface area contributed by atoms with Crippen LogP contribution in [0.15, 0.2) is 34.9 Å². The molecule has 0 aliphatic heterocycles. The average molecular weight is 305 g/mol. The van der Waals surface area contributed by atoms with Gasteiger partial charge in [0.05, 0.1) is 25.8 Å². The number of carboxylic acid groups (broad SMARTS) is 1. The Labute approximate surface area is 127 Å². The maximum Gasteiger partial charge on any atom is 0.317 e. The second kappa shape index (κ2) is 6.93. The van der Waals surface area contributed by atoms with Crippen molar-refractivity contribution in [3.8, 4) is 23.7 Å². The third kappa shape index (κ3) is 4.35. The van der Waals surface area contributed by atoms with E-state index in [1.165, 1.54) is 0 Å². The van der Waals surface area contributed by atoms with Crippen LogP contribution in [-0.2, 0) is 11.3 Å². The number of carbonyl (C=O) groups is 1. The van der Waals surface area contributed by atoms with E-state index in [9.17, 15) is 4.79 Å². The van der Waals surface area contributed by atoms with E-state index in [1.54, 1.807) is 23.2 Å². The van der Waals surface area contributed by atoms with Crippen molar-refractivity contribution in [3.05, 3.63) is 41.4 Å². The van der Waals surface area contributed by atoms with Crippen LogP contribution in [0.2, 0.25) is 5.02 Å². The molecule has 0 radical (unpaired) electrons. The fourth-order valence-electron chi connectivity index (χ4n) is 1.84. The van der Waals surface area contributed by atoms with Gasteiger partial charge in [-0.2, -0.15) is 0 Å². The predicted octanol–water partition coefficient (Wildman–Crippen LogP) is 2.51. The highest BCUT2D eigenvalue weighted by Gasteiger charge is 2.13. The zero-order chi connectivity index (χ0) is 15.2. The average Bonchev–Trinajstić information content (AvgIpc) is 2.87. The van der Waals surface area contributed by atoms with Crippen LogP contribution in [-0.4, -0.2) is 34.0 Å². The number of halogens is 1. The van der Waals surface area contributed by atoms with Gasteiger partial charge in [-0.1, -0.05) is 29.7 Å². The van der Waals surface area contributed by atoms with Gasteiger partial charge in [0.1, 0.15) is 0 Å². The maximum absolute atomic E-state index is 10.8. The molecule has 1 heterocycles. The first-order valence-corrected chi connectivity index (χ1v) is 6.54. The van der Waals surface area contributed by atoms with Gasteiger partial charge in [-0.15, -0.1) is 6.42 Å². The number of aromatic nitrogens is 1. The summed E-state index contributed by atoms with van der Waals surface area (Å²) in [7, 11) is 0. The smallest absolute Gasteiger partial charge is 0.317 e. The normalized spacial score (nSPS) is 10.5. The van der Waals surface area contributed by atoms with Crippen LogP contribution in [0.1, 0.15) is 5.89 Å². The van der Waals surface area contributed by atoms with E-state index < -0.39 is 5.97 Å². The molecule has 0 saturated carbocycles. The first-order chi connectivity index (χ1) is 10.1. The zero-order valence-corrected chi connectivity index (χ0v) is 11.9. The molecule has 1 aromatic carbocycles.